The van der Waals surface area contributed by atoms with Gasteiger partial charge in [0, 0.05) is 31.0 Å². The fourth-order valence-corrected chi connectivity index (χ4v) is 3.36. The first-order chi connectivity index (χ1) is 13.7. The third-order valence-electron chi connectivity index (χ3n) is 5.26. The van der Waals surface area contributed by atoms with E-state index < -0.39 is 0 Å². The van der Waals surface area contributed by atoms with Gasteiger partial charge in [0.1, 0.15) is 5.82 Å². The molecule has 28 heavy (non-hydrogen) atoms. The van der Waals surface area contributed by atoms with Gasteiger partial charge >= 0.3 is 0 Å². The number of piperidine rings is 1. The third-order valence-corrected chi connectivity index (χ3v) is 5.26. The summed E-state index contributed by atoms with van der Waals surface area (Å²) >= 11 is 0. The van der Waals surface area contributed by atoms with Crippen LogP contribution in [0, 0.1) is 5.92 Å². The van der Waals surface area contributed by atoms with Gasteiger partial charge in [-0.15, -0.1) is 10.2 Å². The van der Waals surface area contributed by atoms with Crippen LogP contribution >= 0.6 is 0 Å². The van der Waals surface area contributed by atoms with Crippen molar-refractivity contribution in [2.24, 2.45) is 5.92 Å². The smallest absolute Gasteiger partial charge is 0.276 e. The highest BCUT2D eigenvalue weighted by Gasteiger charge is 2.16. The number of hydrogen-bond donors (Lipinski definition) is 2. The van der Waals surface area contributed by atoms with Crippen LogP contribution in [0.5, 0.6) is 0 Å². The Morgan fingerprint density at radius 3 is 2.46 bits per heavy atom. The van der Waals surface area contributed by atoms with Gasteiger partial charge < -0.3 is 15.5 Å². The van der Waals surface area contributed by atoms with Crippen LogP contribution in [0.25, 0.3) is 0 Å². The molecular formula is C22H31N5O. The van der Waals surface area contributed by atoms with Crippen LogP contribution in [0.15, 0.2) is 36.4 Å². The quantitative estimate of drug-likeness (QED) is 0.656. The van der Waals surface area contributed by atoms with Gasteiger partial charge in [-0.1, -0.05) is 26.7 Å². The number of benzene rings is 1. The highest BCUT2D eigenvalue weighted by atomic mass is 16.1. The molecule has 0 radical (unpaired) electrons. The normalized spacial score (nSPS) is 14.7. The lowest BCUT2D eigenvalue weighted by atomic mass is 9.99. The molecule has 0 saturated carbocycles. The van der Waals surface area contributed by atoms with Crippen LogP contribution in [0.1, 0.15) is 56.4 Å². The monoisotopic (exact) mass is 381 g/mol. The van der Waals surface area contributed by atoms with Crippen LogP contribution < -0.4 is 15.5 Å². The van der Waals surface area contributed by atoms with Crippen molar-refractivity contribution < 1.29 is 4.79 Å². The molecule has 0 atom stereocenters. The molecule has 0 aliphatic carbocycles. The Balaban J connectivity index is 1.51. The van der Waals surface area contributed by atoms with Crippen molar-refractivity contribution in [1.29, 1.82) is 0 Å². The first-order valence-corrected chi connectivity index (χ1v) is 10.4. The van der Waals surface area contributed by atoms with Crippen LogP contribution in [0.2, 0.25) is 0 Å². The molecule has 1 saturated heterocycles. The summed E-state index contributed by atoms with van der Waals surface area (Å²) in [7, 11) is 0. The first kappa shape index (κ1) is 20.1. The minimum atomic E-state index is -0.246. The number of rotatable bonds is 8. The number of hydrogen-bond acceptors (Lipinski definition) is 5. The average Bonchev–Trinajstić information content (AvgIpc) is 2.73. The van der Waals surface area contributed by atoms with E-state index >= 15 is 0 Å². The molecular weight excluding hydrogens is 350 g/mol. The van der Waals surface area contributed by atoms with Gasteiger partial charge in [0.2, 0.25) is 0 Å². The van der Waals surface area contributed by atoms with E-state index in [9.17, 15) is 4.79 Å². The van der Waals surface area contributed by atoms with E-state index in [0.29, 0.717) is 11.5 Å². The fourth-order valence-electron chi connectivity index (χ4n) is 3.36. The summed E-state index contributed by atoms with van der Waals surface area (Å²) in [6.07, 6.45) is 5.95. The number of nitrogens with zero attached hydrogens (tertiary/aromatic N) is 3. The predicted octanol–water partition coefficient (Wildman–Crippen LogP) is 4.57. The van der Waals surface area contributed by atoms with E-state index in [2.05, 4.69) is 51.7 Å². The Bertz CT molecular complexity index is 737. The van der Waals surface area contributed by atoms with E-state index in [1.54, 1.807) is 12.1 Å². The summed E-state index contributed by atoms with van der Waals surface area (Å²) in [4.78, 5) is 14.8. The third kappa shape index (κ3) is 5.68. The van der Waals surface area contributed by atoms with Gasteiger partial charge in [-0.2, -0.15) is 0 Å². The van der Waals surface area contributed by atoms with Crippen molar-refractivity contribution in [2.75, 3.05) is 35.2 Å². The molecule has 0 spiro atoms. The molecule has 2 heterocycles. The van der Waals surface area contributed by atoms with Crippen LogP contribution in [0.3, 0.4) is 0 Å². The highest BCUT2D eigenvalue weighted by Crippen LogP contribution is 2.24. The summed E-state index contributed by atoms with van der Waals surface area (Å²) in [6, 6.07) is 11.5. The molecule has 2 N–H and O–H groups in total. The molecule has 150 valence electrons. The molecule has 1 aromatic heterocycles. The van der Waals surface area contributed by atoms with Gasteiger partial charge in [-0.05, 0) is 61.6 Å². The molecule has 6 nitrogen and oxygen atoms in total. The lowest BCUT2D eigenvalue weighted by molar-refractivity contribution is 0.102. The molecule has 1 aromatic carbocycles. The van der Waals surface area contributed by atoms with Gasteiger partial charge in [0.25, 0.3) is 5.91 Å². The SMILES string of the molecule is CCCCCNc1ccc(C(=O)Nc2ccc(N3CCC(C)CC3)cc2)nn1. The number of carbonyl (C=O) groups is 1. The number of unbranched alkanes of at least 4 members (excludes halogenated alkanes) is 2. The fraction of sp³-hybridized carbons (Fsp3) is 0.500. The second kappa shape index (κ2) is 10.1. The predicted molar refractivity (Wildman–Crippen MR) is 115 cm³/mol. The maximum Gasteiger partial charge on any atom is 0.276 e. The van der Waals surface area contributed by atoms with Gasteiger partial charge in [0.05, 0.1) is 0 Å². The second-order valence-electron chi connectivity index (χ2n) is 7.61. The van der Waals surface area contributed by atoms with Gasteiger partial charge in [0.15, 0.2) is 5.69 Å². The molecule has 1 aliphatic rings. The molecule has 1 fully saturated rings. The topological polar surface area (TPSA) is 70.2 Å². The maximum atomic E-state index is 12.4. The zero-order valence-corrected chi connectivity index (χ0v) is 16.9. The molecule has 3 rings (SSSR count). The number of carbonyl (C=O) groups excluding carboxylic acids is 1. The Labute approximate surface area is 167 Å². The first-order valence-electron chi connectivity index (χ1n) is 10.4. The Hall–Kier alpha value is -2.63. The lowest BCUT2D eigenvalue weighted by Gasteiger charge is -2.32. The van der Waals surface area contributed by atoms with Crippen molar-refractivity contribution in [3.8, 4) is 0 Å². The Morgan fingerprint density at radius 2 is 1.82 bits per heavy atom. The summed E-state index contributed by atoms with van der Waals surface area (Å²) in [5.41, 5.74) is 2.29. The molecule has 2 aromatic rings. The lowest BCUT2D eigenvalue weighted by Crippen LogP contribution is -2.32. The standard InChI is InChI=1S/C22H31N5O/c1-3-4-5-14-23-21-11-10-20(25-26-21)22(28)24-18-6-8-19(9-7-18)27-15-12-17(2)13-16-27/h6-11,17H,3-5,12-16H2,1-2H3,(H,23,26)(H,24,28). The van der Waals surface area contributed by atoms with E-state index in [1.165, 1.54) is 31.4 Å². The van der Waals surface area contributed by atoms with Gasteiger partial charge in [-0.25, -0.2) is 0 Å². The summed E-state index contributed by atoms with van der Waals surface area (Å²) in [5.74, 6) is 1.27. The highest BCUT2D eigenvalue weighted by molar-refractivity contribution is 6.02. The number of aromatic nitrogens is 2. The molecule has 0 unspecified atom stereocenters. The minimum Gasteiger partial charge on any atom is -0.372 e. The zero-order chi connectivity index (χ0) is 19.8. The number of anilines is 3. The van der Waals surface area contributed by atoms with E-state index in [1.807, 2.05) is 12.1 Å². The van der Waals surface area contributed by atoms with Crippen molar-refractivity contribution in [3.05, 3.63) is 42.1 Å². The Kier molecular flexibility index (Phi) is 7.23. The molecule has 0 bridgehead atoms. The van der Waals surface area contributed by atoms with E-state index in [-0.39, 0.29) is 5.91 Å². The number of nitrogens with one attached hydrogen (secondary N) is 2. The maximum absolute atomic E-state index is 12.4. The van der Waals surface area contributed by atoms with Crippen LogP contribution in [0.4, 0.5) is 17.2 Å². The van der Waals surface area contributed by atoms with Crippen LogP contribution in [-0.4, -0.2) is 35.7 Å². The average molecular weight is 382 g/mol. The van der Waals surface area contributed by atoms with Crippen molar-refractivity contribution in [3.63, 3.8) is 0 Å². The van der Waals surface area contributed by atoms with Gasteiger partial charge in [-0.3, -0.25) is 4.79 Å². The summed E-state index contributed by atoms with van der Waals surface area (Å²) in [5, 5.41) is 14.3. The minimum absolute atomic E-state index is 0.246. The summed E-state index contributed by atoms with van der Waals surface area (Å²) in [6.45, 7) is 7.56. The number of amides is 1. The van der Waals surface area contributed by atoms with Crippen molar-refractivity contribution in [2.45, 2.75) is 46.0 Å². The summed E-state index contributed by atoms with van der Waals surface area (Å²) < 4.78 is 0. The van der Waals surface area contributed by atoms with E-state index in [0.717, 1.165) is 37.7 Å². The largest absolute Gasteiger partial charge is 0.372 e. The Morgan fingerprint density at radius 1 is 1.07 bits per heavy atom. The van der Waals surface area contributed by atoms with Crippen molar-refractivity contribution >= 4 is 23.1 Å². The molecule has 1 amide bonds. The molecule has 6 heteroatoms. The van der Waals surface area contributed by atoms with Crippen molar-refractivity contribution in [1.82, 2.24) is 10.2 Å². The second-order valence-corrected chi connectivity index (χ2v) is 7.61. The van der Waals surface area contributed by atoms with Crippen LogP contribution in [-0.2, 0) is 0 Å². The zero-order valence-electron chi connectivity index (χ0n) is 16.9. The molecule has 1 aliphatic heterocycles. The van der Waals surface area contributed by atoms with E-state index in [4.69, 9.17) is 0 Å².